The molecule has 2 nitrogen and oxygen atoms in total. The van der Waals surface area contributed by atoms with Crippen LogP contribution in [-0.4, -0.2) is 11.7 Å². The summed E-state index contributed by atoms with van der Waals surface area (Å²) in [5.41, 5.74) is 0.945. The molecule has 0 spiro atoms. The fourth-order valence-corrected chi connectivity index (χ4v) is 2.10. The van der Waals surface area contributed by atoms with E-state index in [4.69, 9.17) is 0 Å². The number of nitrogens with one attached hydrogen (secondary N) is 1. The number of hydrogen-bond donors (Lipinski definition) is 2. The minimum Gasteiger partial charge on any atom is -0.506 e. The molecule has 0 saturated carbocycles. The lowest BCUT2D eigenvalue weighted by atomic mass is 10.0. The van der Waals surface area contributed by atoms with Crippen molar-refractivity contribution in [3.05, 3.63) is 28.2 Å². The molecule has 0 atom stereocenters. The average Bonchev–Trinajstić information content (AvgIpc) is 2.30. The van der Waals surface area contributed by atoms with Crippen molar-refractivity contribution in [3.63, 3.8) is 0 Å². The molecule has 0 aliphatic carbocycles. The molecule has 0 aliphatic heterocycles. The van der Waals surface area contributed by atoms with Gasteiger partial charge in [-0.05, 0) is 34.5 Å². The van der Waals surface area contributed by atoms with E-state index in [1.165, 1.54) is 12.8 Å². The van der Waals surface area contributed by atoms with Gasteiger partial charge in [-0.15, -0.1) is 0 Å². The number of phenolic OH excluding ortho intramolecular Hbond substituents is 1. The monoisotopic (exact) mass is 285 g/mol. The Morgan fingerprint density at radius 2 is 2.00 bits per heavy atom. The van der Waals surface area contributed by atoms with Crippen molar-refractivity contribution in [2.75, 3.05) is 6.54 Å². The Hall–Kier alpha value is -0.540. The van der Waals surface area contributed by atoms with Crippen molar-refractivity contribution in [1.29, 1.82) is 0 Å². The van der Waals surface area contributed by atoms with Gasteiger partial charge in [-0.3, -0.25) is 0 Å². The van der Waals surface area contributed by atoms with Crippen LogP contribution in [0, 0.1) is 5.92 Å². The maximum atomic E-state index is 9.79. The number of phenols is 1. The molecular formula is C13H20BrNO. The fraction of sp³-hybridized carbons (Fsp3) is 0.538. The largest absolute Gasteiger partial charge is 0.506 e. The van der Waals surface area contributed by atoms with E-state index in [-0.39, 0.29) is 0 Å². The SMILES string of the molecule is CCC(CC)CNCc1cccc(Br)c1O. The predicted octanol–water partition coefficient (Wildman–Crippen LogP) is 3.68. The van der Waals surface area contributed by atoms with Crippen LogP contribution in [0.2, 0.25) is 0 Å². The highest BCUT2D eigenvalue weighted by Gasteiger charge is 2.06. The molecule has 2 N–H and O–H groups in total. The molecule has 0 radical (unpaired) electrons. The topological polar surface area (TPSA) is 32.3 Å². The molecule has 90 valence electrons. The van der Waals surface area contributed by atoms with Gasteiger partial charge in [-0.25, -0.2) is 0 Å². The zero-order valence-electron chi connectivity index (χ0n) is 9.96. The second-order valence-corrected chi connectivity index (χ2v) is 4.92. The van der Waals surface area contributed by atoms with Crippen molar-refractivity contribution in [1.82, 2.24) is 5.32 Å². The molecule has 0 aliphatic rings. The van der Waals surface area contributed by atoms with E-state index in [1.54, 1.807) is 0 Å². The minimum absolute atomic E-state index is 0.347. The van der Waals surface area contributed by atoms with Crippen LogP contribution in [0.15, 0.2) is 22.7 Å². The molecule has 0 unspecified atom stereocenters. The molecule has 3 heteroatoms. The number of benzene rings is 1. The fourth-order valence-electron chi connectivity index (χ4n) is 1.69. The maximum absolute atomic E-state index is 9.79. The van der Waals surface area contributed by atoms with Crippen LogP contribution < -0.4 is 5.32 Å². The van der Waals surface area contributed by atoms with E-state index in [0.29, 0.717) is 5.75 Å². The molecule has 0 amide bonds. The summed E-state index contributed by atoms with van der Waals surface area (Å²) in [6, 6.07) is 5.73. The van der Waals surface area contributed by atoms with Gasteiger partial charge in [0.05, 0.1) is 4.47 Å². The summed E-state index contributed by atoms with van der Waals surface area (Å²) in [6.07, 6.45) is 2.40. The third-order valence-corrected chi connectivity index (χ3v) is 3.61. The van der Waals surface area contributed by atoms with Crippen molar-refractivity contribution in [3.8, 4) is 5.75 Å². The molecule has 16 heavy (non-hydrogen) atoms. The van der Waals surface area contributed by atoms with Crippen LogP contribution in [0.3, 0.4) is 0 Å². The van der Waals surface area contributed by atoms with Crippen LogP contribution in [0.5, 0.6) is 5.75 Å². The van der Waals surface area contributed by atoms with Gasteiger partial charge in [-0.2, -0.15) is 0 Å². The minimum atomic E-state index is 0.347. The van der Waals surface area contributed by atoms with Crippen molar-refractivity contribution in [2.45, 2.75) is 33.2 Å². The summed E-state index contributed by atoms with van der Waals surface area (Å²) in [7, 11) is 0. The van der Waals surface area contributed by atoms with Gasteiger partial charge in [0.1, 0.15) is 5.75 Å². The van der Waals surface area contributed by atoms with Gasteiger partial charge in [0.15, 0.2) is 0 Å². The molecule has 0 fully saturated rings. The lowest BCUT2D eigenvalue weighted by Gasteiger charge is -2.14. The standard InChI is InChI=1S/C13H20BrNO/c1-3-10(4-2)8-15-9-11-6-5-7-12(14)13(11)16/h5-7,10,15-16H,3-4,8-9H2,1-2H3. The van der Waals surface area contributed by atoms with E-state index in [9.17, 15) is 5.11 Å². The second-order valence-electron chi connectivity index (χ2n) is 4.06. The Labute approximate surface area is 106 Å². The van der Waals surface area contributed by atoms with Crippen LogP contribution in [-0.2, 0) is 6.54 Å². The Morgan fingerprint density at radius 1 is 1.31 bits per heavy atom. The van der Waals surface area contributed by atoms with Crippen LogP contribution >= 0.6 is 15.9 Å². The molecule has 0 bridgehead atoms. The average molecular weight is 286 g/mol. The predicted molar refractivity (Wildman–Crippen MR) is 71.6 cm³/mol. The van der Waals surface area contributed by atoms with Gasteiger partial charge < -0.3 is 10.4 Å². The first-order valence-corrected chi connectivity index (χ1v) is 6.65. The summed E-state index contributed by atoms with van der Waals surface area (Å²) < 4.78 is 0.759. The first kappa shape index (κ1) is 13.5. The van der Waals surface area contributed by atoms with Crippen molar-refractivity contribution >= 4 is 15.9 Å². The highest BCUT2D eigenvalue weighted by atomic mass is 79.9. The third-order valence-electron chi connectivity index (χ3n) is 2.97. The Morgan fingerprint density at radius 3 is 2.62 bits per heavy atom. The zero-order chi connectivity index (χ0) is 12.0. The van der Waals surface area contributed by atoms with Gasteiger partial charge in [-0.1, -0.05) is 38.8 Å². The van der Waals surface area contributed by atoms with E-state index in [1.807, 2.05) is 18.2 Å². The Balaban J connectivity index is 2.46. The number of para-hydroxylation sites is 1. The molecule has 0 saturated heterocycles. The molecule has 0 heterocycles. The maximum Gasteiger partial charge on any atom is 0.134 e. The third kappa shape index (κ3) is 3.80. The number of hydrogen-bond acceptors (Lipinski definition) is 2. The summed E-state index contributed by atoms with van der Waals surface area (Å²) in [5, 5.41) is 13.2. The van der Waals surface area contributed by atoms with Crippen LogP contribution in [0.25, 0.3) is 0 Å². The van der Waals surface area contributed by atoms with Gasteiger partial charge in [0, 0.05) is 12.1 Å². The number of rotatable bonds is 6. The normalized spacial score (nSPS) is 11.0. The highest BCUT2D eigenvalue weighted by Crippen LogP contribution is 2.27. The van der Waals surface area contributed by atoms with Gasteiger partial charge in [0.25, 0.3) is 0 Å². The molecular weight excluding hydrogens is 266 g/mol. The summed E-state index contributed by atoms with van der Waals surface area (Å²) in [5.74, 6) is 1.08. The van der Waals surface area contributed by atoms with E-state index < -0.39 is 0 Å². The summed E-state index contributed by atoms with van der Waals surface area (Å²) >= 11 is 3.32. The Kier molecular flexibility index (Phi) is 5.85. The molecule has 1 rings (SSSR count). The molecule has 0 aromatic heterocycles. The number of aromatic hydroxyl groups is 1. The summed E-state index contributed by atoms with van der Waals surface area (Å²) in [6.45, 7) is 6.17. The van der Waals surface area contributed by atoms with E-state index >= 15 is 0 Å². The smallest absolute Gasteiger partial charge is 0.134 e. The summed E-state index contributed by atoms with van der Waals surface area (Å²) in [4.78, 5) is 0. The van der Waals surface area contributed by atoms with Gasteiger partial charge in [0.2, 0.25) is 0 Å². The lowest BCUT2D eigenvalue weighted by Crippen LogP contribution is -2.21. The molecule has 1 aromatic rings. The first-order chi connectivity index (χ1) is 7.69. The zero-order valence-corrected chi connectivity index (χ0v) is 11.5. The highest BCUT2D eigenvalue weighted by molar-refractivity contribution is 9.10. The van der Waals surface area contributed by atoms with E-state index in [2.05, 4.69) is 35.1 Å². The van der Waals surface area contributed by atoms with Crippen LogP contribution in [0.1, 0.15) is 32.3 Å². The van der Waals surface area contributed by atoms with Crippen LogP contribution in [0.4, 0.5) is 0 Å². The number of halogens is 1. The van der Waals surface area contributed by atoms with E-state index in [0.717, 1.165) is 29.0 Å². The van der Waals surface area contributed by atoms with Gasteiger partial charge >= 0.3 is 0 Å². The second kappa shape index (κ2) is 6.92. The lowest BCUT2D eigenvalue weighted by molar-refractivity contribution is 0.436. The van der Waals surface area contributed by atoms with Crippen molar-refractivity contribution < 1.29 is 5.11 Å². The van der Waals surface area contributed by atoms with Crippen molar-refractivity contribution in [2.24, 2.45) is 5.92 Å². The molecule has 1 aromatic carbocycles. The quantitative estimate of drug-likeness (QED) is 0.836. The first-order valence-electron chi connectivity index (χ1n) is 5.86. The Bertz CT molecular complexity index is 324.